The summed E-state index contributed by atoms with van der Waals surface area (Å²) >= 11 is 0. The highest BCUT2D eigenvalue weighted by molar-refractivity contribution is 5.29. The summed E-state index contributed by atoms with van der Waals surface area (Å²) < 4.78 is 0. The molecular weight excluding hydrogens is 108 g/mol. The van der Waals surface area contributed by atoms with Crippen molar-refractivity contribution >= 4 is 0 Å². The van der Waals surface area contributed by atoms with Crippen LogP contribution in [0.1, 0.15) is 20.8 Å². The molecule has 0 heteroatoms. The topological polar surface area (TPSA) is 0 Å². The summed E-state index contributed by atoms with van der Waals surface area (Å²) in [5.74, 6) is 0. The normalized spacial score (nSPS) is 13.9. The molecule has 0 radical (unpaired) electrons. The predicted octanol–water partition coefficient (Wildman–Crippen LogP) is 3.08. The molecule has 0 bridgehead atoms. The summed E-state index contributed by atoms with van der Waals surface area (Å²) in [5, 5.41) is 0. The molecule has 50 valence electrons. The number of allylic oxidation sites excluding steroid dienone is 6. The molecule has 0 rings (SSSR count). The molecule has 0 fully saturated rings. The molecule has 0 saturated heterocycles. The third-order valence-corrected chi connectivity index (χ3v) is 1.05. The molecule has 0 aliphatic rings. The van der Waals surface area contributed by atoms with Gasteiger partial charge in [0.15, 0.2) is 0 Å². The van der Waals surface area contributed by atoms with Crippen LogP contribution in [0.3, 0.4) is 0 Å². The average Bonchev–Trinajstić information content (AvgIpc) is 1.88. The predicted molar refractivity (Wildman–Crippen MR) is 43.4 cm³/mol. The van der Waals surface area contributed by atoms with E-state index in [2.05, 4.69) is 18.2 Å². The maximum atomic E-state index is 2.08. The Bertz CT molecular complexity index is 122. The van der Waals surface area contributed by atoms with Gasteiger partial charge in [0, 0.05) is 0 Å². The largest absolute Gasteiger partial charge is 0.0871 e. The summed E-state index contributed by atoms with van der Waals surface area (Å²) in [6, 6.07) is 0. The highest BCUT2D eigenvalue weighted by atomic mass is 13.8. The first-order valence-electron chi connectivity index (χ1n) is 3.26. The molecule has 0 heterocycles. The number of rotatable bonds is 2. The highest BCUT2D eigenvalue weighted by Crippen LogP contribution is 1.97. The van der Waals surface area contributed by atoms with Gasteiger partial charge in [-0.1, -0.05) is 30.4 Å². The fourth-order valence-electron chi connectivity index (χ4n) is 0.633. The highest BCUT2D eigenvalue weighted by Gasteiger charge is 1.76. The summed E-state index contributed by atoms with van der Waals surface area (Å²) in [4.78, 5) is 0. The summed E-state index contributed by atoms with van der Waals surface area (Å²) in [7, 11) is 0. The fraction of sp³-hybridized carbons (Fsp3) is 0.333. The third kappa shape index (κ3) is 3.77. The molecule has 0 aromatic heterocycles. The van der Waals surface area contributed by atoms with E-state index >= 15 is 0 Å². The summed E-state index contributed by atoms with van der Waals surface area (Å²) in [5.41, 5.74) is 1.26. The maximum Gasteiger partial charge on any atom is -0.0306 e. The molecule has 0 amide bonds. The van der Waals surface area contributed by atoms with E-state index in [1.807, 2.05) is 32.9 Å². The van der Waals surface area contributed by atoms with Crippen LogP contribution in [0.4, 0.5) is 0 Å². The van der Waals surface area contributed by atoms with Crippen LogP contribution < -0.4 is 0 Å². The van der Waals surface area contributed by atoms with Crippen LogP contribution in [-0.4, -0.2) is 0 Å². The molecule has 0 aromatic rings. The van der Waals surface area contributed by atoms with Gasteiger partial charge in [0.2, 0.25) is 0 Å². The van der Waals surface area contributed by atoms with Gasteiger partial charge in [-0.15, -0.1) is 0 Å². The van der Waals surface area contributed by atoms with Crippen LogP contribution in [0.25, 0.3) is 0 Å². The minimum atomic E-state index is 1.26. The van der Waals surface area contributed by atoms with E-state index in [1.165, 1.54) is 5.57 Å². The van der Waals surface area contributed by atoms with Crippen LogP contribution >= 0.6 is 0 Å². The van der Waals surface area contributed by atoms with E-state index in [-0.39, 0.29) is 0 Å². The minimum absolute atomic E-state index is 1.26. The zero-order valence-corrected chi connectivity index (χ0v) is 6.39. The lowest BCUT2D eigenvalue weighted by molar-refractivity contribution is 1.55. The molecule has 0 spiro atoms. The molecule has 0 unspecified atom stereocenters. The van der Waals surface area contributed by atoms with Crippen LogP contribution in [0, 0.1) is 0 Å². The van der Waals surface area contributed by atoms with Gasteiger partial charge in [0.25, 0.3) is 0 Å². The van der Waals surface area contributed by atoms with E-state index in [0.717, 1.165) is 0 Å². The van der Waals surface area contributed by atoms with Gasteiger partial charge in [-0.3, -0.25) is 0 Å². The van der Waals surface area contributed by atoms with Crippen molar-refractivity contribution in [3.8, 4) is 0 Å². The number of hydrogen-bond acceptors (Lipinski definition) is 0. The second kappa shape index (κ2) is 5.36. The van der Waals surface area contributed by atoms with Crippen molar-refractivity contribution in [2.75, 3.05) is 0 Å². The van der Waals surface area contributed by atoms with E-state index < -0.39 is 0 Å². The second-order valence-corrected chi connectivity index (χ2v) is 1.79. The first-order chi connectivity index (χ1) is 4.35. The molecule has 0 saturated carbocycles. The average molecular weight is 122 g/mol. The second-order valence-electron chi connectivity index (χ2n) is 1.79. The SMILES string of the molecule is CC=C(/C=C\C)/C=C/C. The van der Waals surface area contributed by atoms with Crippen molar-refractivity contribution in [2.45, 2.75) is 20.8 Å². The molecule has 0 aromatic carbocycles. The zero-order chi connectivity index (χ0) is 7.11. The lowest BCUT2D eigenvalue weighted by Crippen LogP contribution is -1.66. The summed E-state index contributed by atoms with van der Waals surface area (Å²) in [6.07, 6.45) is 10.3. The molecule has 0 N–H and O–H groups in total. The lowest BCUT2D eigenvalue weighted by atomic mass is 10.2. The molecule has 9 heavy (non-hydrogen) atoms. The van der Waals surface area contributed by atoms with Gasteiger partial charge in [-0.25, -0.2) is 0 Å². The first kappa shape index (κ1) is 8.22. The van der Waals surface area contributed by atoms with E-state index in [0.29, 0.717) is 0 Å². The van der Waals surface area contributed by atoms with Crippen LogP contribution in [0.5, 0.6) is 0 Å². The van der Waals surface area contributed by atoms with Crippen molar-refractivity contribution in [1.29, 1.82) is 0 Å². The van der Waals surface area contributed by atoms with Crippen LogP contribution in [0.2, 0.25) is 0 Å². The quantitative estimate of drug-likeness (QED) is 0.494. The van der Waals surface area contributed by atoms with Gasteiger partial charge < -0.3 is 0 Å². The van der Waals surface area contributed by atoms with Crippen molar-refractivity contribution in [3.63, 3.8) is 0 Å². The van der Waals surface area contributed by atoms with E-state index in [4.69, 9.17) is 0 Å². The Balaban J connectivity index is 4.01. The van der Waals surface area contributed by atoms with Gasteiger partial charge >= 0.3 is 0 Å². The Hall–Kier alpha value is -0.780. The first-order valence-corrected chi connectivity index (χ1v) is 3.26. The van der Waals surface area contributed by atoms with E-state index in [1.54, 1.807) is 0 Å². The van der Waals surface area contributed by atoms with Gasteiger partial charge in [-0.2, -0.15) is 0 Å². The molecule has 0 aliphatic heterocycles. The van der Waals surface area contributed by atoms with Crippen molar-refractivity contribution in [3.05, 3.63) is 36.0 Å². The Morgan fingerprint density at radius 1 is 0.889 bits per heavy atom. The third-order valence-electron chi connectivity index (χ3n) is 1.05. The van der Waals surface area contributed by atoms with E-state index in [9.17, 15) is 0 Å². The van der Waals surface area contributed by atoms with Gasteiger partial charge in [0.05, 0.1) is 0 Å². The molecule has 0 atom stereocenters. The Morgan fingerprint density at radius 2 is 1.33 bits per heavy atom. The van der Waals surface area contributed by atoms with Gasteiger partial charge in [-0.05, 0) is 26.3 Å². The lowest BCUT2D eigenvalue weighted by Gasteiger charge is -1.86. The molecular formula is C9H14. The van der Waals surface area contributed by atoms with Gasteiger partial charge in [0.1, 0.15) is 0 Å². The Kier molecular flexibility index (Phi) is 4.89. The van der Waals surface area contributed by atoms with Crippen molar-refractivity contribution in [1.82, 2.24) is 0 Å². The summed E-state index contributed by atoms with van der Waals surface area (Å²) in [6.45, 7) is 6.08. The number of hydrogen-bond donors (Lipinski definition) is 0. The maximum absolute atomic E-state index is 2.08. The van der Waals surface area contributed by atoms with Crippen molar-refractivity contribution in [2.24, 2.45) is 0 Å². The fourth-order valence-corrected chi connectivity index (χ4v) is 0.633. The van der Waals surface area contributed by atoms with Crippen LogP contribution in [0.15, 0.2) is 36.0 Å². The minimum Gasteiger partial charge on any atom is -0.0871 e. The molecule has 0 aliphatic carbocycles. The smallest absolute Gasteiger partial charge is 0.0306 e. The van der Waals surface area contributed by atoms with Crippen molar-refractivity contribution < 1.29 is 0 Å². The monoisotopic (exact) mass is 122 g/mol. The Morgan fingerprint density at radius 3 is 1.56 bits per heavy atom. The standard InChI is InChI=1S/C9H14/c1-4-7-9(6-3)8-5-2/h4-8H,1-3H3/b7-4-,8-5+,9-6?. The Labute approximate surface area is 57.6 Å². The van der Waals surface area contributed by atoms with Crippen LogP contribution in [-0.2, 0) is 0 Å². The zero-order valence-electron chi connectivity index (χ0n) is 6.39. The molecule has 0 nitrogen and oxygen atoms in total.